The van der Waals surface area contributed by atoms with Crippen LogP contribution < -0.4 is 0 Å². The second kappa shape index (κ2) is 7.79. The molecule has 0 aromatic rings. The average Bonchev–Trinajstić information content (AvgIpc) is 2.10. The van der Waals surface area contributed by atoms with Gasteiger partial charge in [0.1, 0.15) is 0 Å². The molecule has 0 fully saturated rings. The van der Waals surface area contributed by atoms with Gasteiger partial charge in [0.2, 0.25) is 0 Å². The van der Waals surface area contributed by atoms with Crippen LogP contribution in [0.15, 0.2) is 36.5 Å². The summed E-state index contributed by atoms with van der Waals surface area (Å²) in [5.41, 5.74) is 0. The van der Waals surface area contributed by atoms with E-state index in [0.717, 1.165) is 6.42 Å². The summed E-state index contributed by atoms with van der Waals surface area (Å²) in [5, 5.41) is 0. The number of ether oxygens (including phenoxy) is 1. The van der Waals surface area contributed by atoms with E-state index >= 15 is 0 Å². The topological polar surface area (TPSA) is 26.3 Å². The van der Waals surface area contributed by atoms with Crippen LogP contribution in [-0.2, 0) is 9.53 Å². The predicted molar refractivity (Wildman–Crippen MR) is 49.7 cm³/mol. The first-order chi connectivity index (χ1) is 5.81. The van der Waals surface area contributed by atoms with Crippen molar-refractivity contribution in [2.45, 2.75) is 13.3 Å². The highest BCUT2D eigenvalue weighted by molar-refractivity contribution is 5.82. The van der Waals surface area contributed by atoms with Crippen LogP contribution in [0.1, 0.15) is 13.3 Å². The number of hydrogen-bond acceptors (Lipinski definition) is 2. The summed E-state index contributed by atoms with van der Waals surface area (Å²) in [6, 6.07) is 0. The highest BCUT2D eigenvalue weighted by Gasteiger charge is 1.85. The van der Waals surface area contributed by atoms with Crippen LogP contribution in [0.2, 0.25) is 0 Å². The van der Waals surface area contributed by atoms with Gasteiger partial charge in [0.05, 0.1) is 7.11 Å². The number of carbonyl (C=O) groups is 1. The third kappa shape index (κ3) is 6.81. The van der Waals surface area contributed by atoms with E-state index < -0.39 is 0 Å². The Labute approximate surface area is 73.2 Å². The first-order valence-corrected chi connectivity index (χ1v) is 3.89. The van der Waals surface area contributed by atoms with Gasteiger partial charge in [-0.2, -0.15) is 0 Å². The molecule has 0 aliphatic rings. The van der Waals surface area contributed by atoms with E-state index in [1.54, 1.807) is 12.2 Å². The van der Waals surface area contributed by atoms with Crippen molar-refractivity contribution in [2.24, 2.45) is 0 Å². The molecule has 0 unspecified atom stereocenters. The average molecular weight is 166 g/mol. The van der Waals surface area contributed by atoms with E-state index in [4.69, 9.17) is 0 Å². The van der Waals surface area contributed by atoms with Crippen molar-refractivity contribution >= 4 is 5.97 Å². The third-order valence-corrected chi connectivity index (χ3v) is 1.14. The number of rotatable bonds is 4. The van der Waals surface area contributed by atoms with Crippen LogP contribution in [0.25, 0.3) is 0 Å². The lowest BCUT2D eigenvalue weighted by molar-refractivity contribution is -0.134. The first kappa shape index (κ1) is 10.7. The molecule has 0 atom stereocenters. The number of allylic oxidation sites excluding steroid dienone is 5. The Kier molecular flexibility index (Phi) is 6.94. The van der Waals surface area contributed by atoms with Crippen LogP contribution in [0.4, 0.5) is 0 Å². The second-order valence-electron chi connectivity index (χ2n) is 2.10. The molecule has 0 saturated carbocycles. The maximum absolute atomic E-state index is 10.5. The Hall–Kier alpha value is -1.31. The molecule has 0 rings (SSSR count). The fourth-order valence-corrected chi connectivity index (χ4v) is 0.545. The number of carbonyl (C=O) groups excluding carboxylic acids is 1. The smallest absolute Gasteiger partial charge is 0.330 e. The van der Waals surface area contributed by atoms with Crippen molar-refractivity contribution in [3.63, 3.8) is 0 Å². The minimum absolute atomic E-state index is 0.334. The summed E-state index contributed by atoms with van der Waals surface area (Å²) in [7, 11) is 1.35. The van der Waals surface area contributed by atoms with Crippen molar-refractivity contribution in [3.05, 3.63) is 36.5 Å². The van der Waals surface area contributed by atoms with Gasteiger partial charge in [-0.1, -0.05) is 37.3 Å². The highest BCUT2D eigenvalue weighted by atomic mass is 16.5. The number of esters is 1. The van der Waals surface area contributed by atoms with E-state index in [-0.39, 0.29) is 5.97 Å². The van der Waals surface area contributed by atoms with Gasteiger partial charge in [-0.05, 0) is 6.42 Å². The summed E-state index contributed by atoms with van der Waals surface area (Å²) in [6.45, 7) is 2.06. The first-order valence-electron chi connectivity index (χ1n) is 3.89. The molecule has 0 aromatic carbocycles. The Morgan fingerprint density at radius 1 is 1.25 bits per heavy atom. The lowest BCUT2D eigenvalue weighted by atomic mass is 10.3. The van der Waals surface area contributed by atoms with Gasteiger partial charge in [0.25, 0.3) is 0 Å². The molecule has 0 aliphatic carbocycles. The normalized spacial score (nSPS) is 11.8. The van der Waals surface area contributed by atoms with E-state index in [2.05, 4.69) is 11.7 Å². The molecule has 0 bridgehead atoms. The van der Waals surface area contributed by atoms with Crippen molar-refractivity contribution in [1.82, 2.24) is 0 Å². The van der Waals surface area contributed by atoms with Gasteiger partial charge in [-0.3, -0.25) is 0 Å². The van der Waals surface area contributed by atoms with E-state index in [1.165, 1.54) is 13.2 Å². The summed E-state index contributed by atoms with van der Waals surface area (Å²) in [4.78, 5) is 10.5. The lowest BCUT2D eigenvalue weighted by Crippen LogP contribution is -1.92. The molecule has 12 heavy (non-hydrogen) atoms. The molecule has 0 aromatic heterocycles. The molecule has 0 radical (unpaired) electrons. The van der Waals surface area contributed by atoms with Crippen molar-refractivity contribution in [3.8, 4) is 0 Å². The van der Waals surface area contributed by atoms with Crippen LogP contribution in [0, 0.1) is 0 Å². The minimum atomic E-state index is -0.334. The fourth-order valence-electron chi connectivity index (χ4n) is 0.545. The third-order valence-electron chi connectivity index (χ3n) is 1.14. The van der Waals surface area contributed by atoms with Gasteiger partial charge in [0, 0.05) is 6.08 Å². The summed E-state index contributed by atoms with van der Waals surface area (Å²) in [5.74, 6) is -0.334. The van der Waals surface area contributed by atoms with Crippen LogP contribution >= 0.6 is 0 Å². The minimum Gasteiger partial charge on any atom is -0.466 e. The number of hydrogen-bond donors (Lipinski definition) is 0. The quantitative estimate of drug-likeness (QED) is 0.363. The highest BCUT2D eigenvalue weighted by Crippen LogP contribution is 1.84. The predicted octanol–water partition coefficient (Wildman–Crippen LogP) is 2.24. The summed E-state index contributed by atoms with van der Waals surface area (Å²) in [6.07, 6.45) is 11.6. The van der Waals surface area contributed by atoms with Crippen LogP contribution in [-0.4, -0.2) is 13.1 Å². The Morgan fingerprint density at radius 2 is 1.92 bits per heavy atom. The van der Waals surface area contributed by atoms with E-state index in [0.29, 0.717) is 0 Å². The molecule has 66 valence electrons. The SMILES string of the molecule is CCC=CC=CC=CC(=O)OC. The van der Waals surface area contributed by atoms with Crippen LogP contribution in [0.3, 0.4) is 0 Å². The molecule has 0 aliphatic heterocycles. The second-order valence-corrected chi connectivity index (χ2v) is 2.10. The zero-order valence-electron chi connectivity index (χ0n) is 7.49. The fraction of sp³-hybridized carbons (Fsp3) is 0.300. The largest absolute Gasteiger partial charge is 0.466 e. The maximum atomic E-state index is 10.5. The van der Waals surface area contributed by atoms with Gasteiger partial charge in [-0.25, -0.2) is 4.79 Å². The monoisotopic (exact) mass is 166 g/mol. The van der Waals surface area contributed by atoms with Gasteiger partial charge >= 0.3 is 5.97 Å². The standard InChI is InChI=1S/C10H14O2/c1-3-4-5-6-7-8-9-10(11)12-2/h4-9H,3H2,1-2H3. The molecule has 0 N–H and O–H groups in total. The lowest BCUT2D eigenvalue weighted by Gasteiger charge is -1.85. The van der Waals surface area contributed by atoms with Gasteiger partial charge in [0.15, 0.2) is 0 Å². The summed E-state index contributed by atoms with van der Waals surface area (Å²) < 4.78 is 4.40. The van der Waals surface area contributed by atoms with Gasteiger partial charge in [-0.15, -0.1) is 0 Å². The van der Waals surface area contributed by atoms with E-state index in [9.17, 15) is 4.79 Å². The molecule has 2 nitrogen and oxygen atoms in total. The zero-order chi connectivity index (χ0) is 9.23. The molecule has 0 saturated heterocycles. The summed E-state index contributed by atoms with van der Waals surface area (Å²) >= 11 is 0. The van der Waals surface area contributed by atoms with E-state index in [1.807, 2.05) is 18.2 Å². The Morgan fingerprint density at radius 3 is 2.50 bits per heavy atom. The zero-order valence-corrected chi connectivity index (χ0v) is 7.49. The molecule has 0 spiro atoms. The van der Waals surface area contributed by atoms with Crippen molar-refractivity contribution in [1.29, 1.82) is 0 Å². The number of methoxy groups -OCH3 is 1. The molecule has 0 amide bonds. The molecule has 0 heterocycles. The maximum Gasteiger partial charge on any atom is 0.330 e. The Bertz CT molecular complexity index is 200. The molecule has 2 heteroatoms. The van der Waals surface area contributed by atoms with Crippen molar-refractivity contribution < 1.29 is 9.53 Å². The van der Waals surface area contributed by atoms with Crippen LogP contribution in [0.5, 0.6) is 0 Å². The molecular formula is C10H14O2. The molecular weight excluding hydrogens is 152 g/mol. The van der Waals surface area contributed by atoms with Crippen molar-refractivity contribution in [2.75, 3.05) is 7.11 Å². The Balaban J connectivity index is 3.66. The van der Waals surface area contributed by atoms with Gasteiger partial charge < -0.3 is 4.74 Å².